The molecule has 0 spiro atoms. The van der Waals surface area contributed by atoms with Gasteiger partial charge >= 0.3 is 0 Å². The molecule has 0 saturated heterocycles. The molecule has 13 aromatic rings. The topological polar surface area (TPSA) is 13.1 Å². The molecule has 0 radical (unpaired) electrons. The highest BCUT2D eigenvalue weighted by atomic mass is 15.1. The van der Waals surface area contributed by atoms with Crippen LogP contribution in [0.3, 0.4) is 0 Å². The van der Waals surface area contributed by atoms with Gasteiger partial charge in [0.05, 0.1) is 22.1 Å². The van der Waals surface area contributed by atoms with Gasteiger partial charge in [0.15, 0.2) is 0 Å². The zero-order valence-electron chi connectivity index (χ0n) is 37.8. The van der Waals surface area contributed by atoms with E-state index in [1.807, 2.05) is 0 Å². The first-order valence-corrected chi connectivity index (χ1v) is 23.7. The molecule has 0 aliphatic rings. The van der Waals surface area contributed by atoms with Crippen LogP contribution in [0.4, 0.5) is 17.1 Å². The van der Waals surface area contributed by atoms with E-state index in [-0.39, 0.29) is 0 Å². The summed E-state index contributed by atoms with van der Waals surface area (Å²) in [5.74, 6) is 0. The third-order valence-electron chi connectivity index (χ3n) is 13.7. The summed E-state index contributed by atoms with van der Waals surface area (Å²) < 4.78 is 4.75. The van der Waals surface area contributed by atoms with E-state index >= 15 is 0 Å². The summed E-state index contributed by atoms with van der Waals surface area (Å²) >= 11 is 0. The third kappa shape index (κ3) is 7.16. The lowest BCUT2D eigenvalue weighted by Crippen LogP contribution is -2.09. The Labute approximate surface area is 401 Å². The SMILES string of the molecule is c1ccc(-c2ccc(-c3ccc(N(c4ccc(-c5ccc6c(c5)c5ccccc5n6-c5ccccc5)cc4)c4ccc(-c5ccc6c7ccccc7n(-c7ccccc7)c6c5)cc4)cc3)cc2)cc1. The first kappa shape index (κ1) is 40.1. The van der Waals surface area contributed by atoms with Crippen LogP contribution < -0.4 is 4.90 Å². The molecule has 2 heterocycles. The molecule has 11 aromatic carbocycles. The van der Waals surface area contributed by atoms with Crippen LogP contribution in [0.25, 0.3) is 99.5 Å². The van der Waals surface area contributed by atoms with E-state index in [1.54, 1.807) is 0 Å². The number of rotatable bonds is 9. The molecule has 0 aliphatic heterocycles. The normalized spacial score (nSPS) is 11.5. The van der Waals surface area contributed by atoms with Gasteiger partial charge in [-0.05, 0) is 136 Å². The average Bonchev–Trinajstić information content (AvgIpc) is 3.94. The van der Waals surface area contributed by atoms with E-state index in [2.05, 4.69) is 287 Å². The standard InChI is InChI=1S/C66H45N3/c1-4-14-46(15-5-1)47-24-26-48(27-25-47)49-28-36-56(37-29-49)67(57-38-30-50(31-39-57)52-35-43-65-62(44-52)60-21-11-13-23-64(60)68(65)54-16-6-2-7-17-54)58-40-32-51(33-41-58)53-34-42-61-59-20-10-12-22-63(59)69(66(61)45-53)55-18-8-3-9-19-55/h1-45H. The smallest absolute Gasteiger partial charge is 0.0547 e. The summed E-state index contributed by atoms with van der Waals surface area (Å²) in [6.45, 7) is 0. The number of aromatic nitrogens is 2. The fourth-order valence-electron chi connectivity index (χ4n) is 10.4. The van der Waals surface area contributed by atoms with Gasteiger partial charge in [-0.1, -0.05) is 182 Å². The van der Waals surface area contributed by atoms with Crippen molar-refractivity contribution in [1.29, 1.82) is 0 Å². The lowest BCUT2D eigenvalue weighted by atomic mass is 9.99. The fraction of sp³-hybridized carbons (Fsp3) is 0. The van der Waals surface area contributed by atoms with E-state index in [1.165, 1.54) is 88.1 Å². The minimum Gasteiger partial charge on any atom is -0.311 e. The van der Waals surface area contributed by atoms with Crippen molar-refractivity contribution in [2.45, 2.75) is 0 Å². The number of fused-ring (bicyclic) bond motifs is 6. The highest BCUT2D eigenvalue weighted by Crippen LogP contribution is 2.41. The van der Waals surface area contributed by atoms with Gasteiger partial charge in [0.1, 0.15) is 0 Å². The Morgan fingerprint density at radius 3 is 1.03 bits per heavy atom. The van der Waals surface area contributed by atoms with Crippen LogP contribution >= 0.6 is 0 Å². The maximum Gasteiger partial charge on any atom is 0.0547 e. The van der Waals surface area contributed by atoms with Crippen molar-refractivity contribution in [3.05, 3.63) is 273 Å². The van der Waals surface area contributed by atoms with Gasteiger partial charge in [-0.25, -0.2) is 0 Å². The molecular weight excluding hydrogens is 835 g/mol. The van der Waals surface area contributed by atoms with Gasteiger partial charge in [0, 0.05) is 50.0 Å². The summed E-state index contributed by atoms with van der Waals surface area (Å²) in [6.07, 6.45) is 0. The molecular formula is C66H45N3. The number of anilines is 3. The highest BCUT2D eigenvalue weighted by molar-refractivity contribution is 6.11. The molecule has 0 aliphatic carbocycles. The van der Waals surface area contributed by atoms with Crippen molar-refractivity contribution in [3.63, 3.8) is 0 Å². The molecule has 0 amide bonds. The van der Waals surface area contributed by atoms with Crippen LogP contribution in [0, 0.1) is 0 Å². The molecule has 0 N–H and O–H groups in total. The number of nitrogens with zero attached hydrogens (tertiary/aromatic N) is 3. The minimum absolute atomic E-state index is 1.08. The fourth-order valence-corrected chi connectivity index (χ4v) is 10.4. The number of hydrogen-bond acceptors (Lipinski definition) is 1. The third-order valence-corrected chi connectivity index (χ3v) is 13.7. The monoisotopic (exact) mass is 879 g/mol. The quantitative estimate of drug-likeness (QED) is 0.141. The lowest BCUT2D eigenvalue weighted by molar-refractivity contribution is 1.18. The summed E-state index contributed by atoms with van der Waals surface area (Å²) in [4.78, 5) is 2.36. The van der Waals surface area contributed by atoms with Gasteiger partial charge in [0.2, 0.25) is 0 Å². The summed E-state index contributed by atoms with van der Waals surface area (Å²) in [7, 11) is 0. The molecule has 0 saturated carbocycles. The van der Waals surface area contributed by atoms with E-state index in [0.717, 1.165) is 28.4 Å². The van der Waals surface area contributed by atoms with Gasteiger partial charge in [0.25, 0.3) is 0 Å². The maximum atomic E-state index is 2.39. The first-order valence-electron chi connectivity index (χ1n) is 23.7. The summed E-state index contributed by atoms with van der Waals surface area (Å²) in [5.41, 5.74) is 19.9. The van der Waals surface area contributed by atoms with Crippen LogP contribution in [-0.4, -0.2) is 9.13 Å². The van der Waals surface area contributed by atoms with E-state index in [0.29, 0.717) is 0 Å². The molecule has 0 bridgehead atoms. The molecule has 13 rings (SSSR count). The second-order valence-electron chi connectivity index (χ2n) is 17.8. The zero-order valence-corrected chi connectivity index (χ0v) is 37.8. The van der Waals surface area contributed by atoms with E-state index in [4.69, 9.17) is 0 Å². The van der Waals surface area contributed by atoms with Crippen LogP contribution in [0.15, 0.2) is 273 Å². The van der Waals surface area contributed by atoms with Gasteiger partial charge < -0.3 is 14.0 Å². The van der Waals surface area contributed by atoms with Crippen molar-refractivity contribution >= 4 is 60.7 Å². The van der Waals surface area contributed by atoms with Crippen LogP contribution in [0.5, 0.6) is 0 Å². The first-order chi connectivity index (χ1) is 34.2. The number of benzene rings is 11. The van der Waals surface area contributed by atoms with Crippen LogP contribution in [-0.2, 0) is 0 Å². The lowest BCUT2D eigenvalue weighted by Gasteiger charge is -2.26. The van der Waals surface area contributed by atoms with Crippen molar-refractivity contribution < 1.29 is 0 Å². The molecule has 324 valence electrons. The van der Waals surface area contributed by atoms with Gasteiger partial charge in [-0.3, -0.25) is 0 Å². The second kappa shape index (κ2) is 16.9. The summed E-state index contributed by atoms with van der Waals surface area (Å²) in [6, 6.07) is 99.0. The molecule has 0 unspecified atom stereocenters. The molecule has 3 nitrogen and oxygen atoms in total. The predicted octanol–water partition coefficient (Wildman–Crippen LogP) is 18.0. The Morgan fingerprint density at radius 2 is 0.522 bits per heavy atom. The maximum absolute atomic E-state index is 2.39. The van der Waals surface area contributed by atoms with Crippen molar-refractivity contribution in [1.82, 2.24) is 9.13 Å². The van der Waals surface area contributed by atoms with E-state index < -0.39 is 0 Å². The molecule has 2 aromatic heterocycles. The average molecular weight is 880 g/mol. The molecule has 3 heteroatoms. The Balaban J connectivity index is 0.872. The van der Waals surface area contributed by atoms with Crippen LogP contribution in [0.2, 0.25) is 0 Å². The zero-order chi connectivity index (χ0) is 45.7. The van der Waals surface area contributed by atoms with Crippen molar-refractivity contribution in [3.8, 4) is 55.9 Å². The molecule has 0 fully saturated rings. The largest absolute Gasteiger partial charge is 0.311 e. The second-order valence-corrected chi connectivity index (χ2v) is 17.8. The molecule has 0 atom stereocenters. The van der Waals surface area contributed by atoms with Gasteiger partial charge in [-0.2, -0.15) is 0 Å². The Kier molecular flexibility index (Phi) is 9.84. The Morgan fingerprint density at radius 1 is 0.203 bits per heavy atom. The van der Waals surface area contributed by atoms with Crippen LogP contribution in [0.1, 0.15) is 0 Å². The predicted molar refractivity (Wildman–Crippen MR) is 292 cm³/mol. The summed E-state index contributed by atoms with van der Waals surface area (Å²) in [5, 5.41) is 5.00. The van der Waals surface area contributed by atoms with E-state index in [9.17, 15) is 0 Å². The Hall–Kier alpha value is -9.18. The van der Waals surface area contributed by atoms with Crippen molar-refractivity contribution in [2.24, 2.45) is 0 Å². The van der Waals surface area contributed by atoms with Gasteiger partial charge in [-0.15, -0.1) is 0 Å². The molecule has 69 heavy (non-hydrogen) atoms. The van der Waals surface area contributed by atoms with Crippen molar-refractivity contribution in [2.75, 3.05) is 4.90 Å². The number of hydrogen-bond donors (Lipinski definition) is 0. The minimum atomic E-state index is 1.08. The Bertz CT molecular complexity index is 3940. The number of para-hydroxylation sites is 4. The highest BCUT2D eigenvalue weighted by Gasteiger charge is 2.18.